The van der Waals surface area contributed by atoms with Gasteiger partial charge in [-0.3, -0.25) is 4.79 Å². The number of aliphatic hydroxyl groups excluding tert-OH is 1. The Morgan fingerprint density at radius 1 is 1.44 bits per heavy atom. The minimum Gasteiger partial charge on any atom is -0.454 e. The van der Waals surface area contributed by atoms with E-state index in [0.29, 0.717) is 6.42 Å². The number of benzene rings is 1. The molecule has 1 aliphatic carbocycles. The highest BCUT2D eigenvalue weighted by Gasteiger charge is 2.34. The van der Waals surface area contributed by atoms with Gasteiger partial charge in [0, 0.05) is 6.42 Å². The van der Waals surface area contributed by atoms with Crippen molar-refractivity contribution in [3.8, 4) is 0 Å². The molecule has 0 spiro atoms. The highest BCUT2D eigenvalue weighted by Crippen LogP contribution is 2.34. The molecule has 0 heterocycles. The molecule has 3 heteroatoms. The molecule has 0 radical (unpaired) electrons. The van der Waals surface area contributed by atoms with E-state index in [2.05, 4.69) is 0 Å². The topological polar surface area (TPSA) is 46.5 Å². The Kier molecular flexibility index (Phi) is 2.97. The maximum atomic E-state index is 11.5. The van der Waals surface area contributed by atoms with Crippen LogP contribution in [0.3, 0.4) is 0 Å². The molecular weight excluding hydrogens is 204 g/mol. The van der Waals surface area contributed by atoms with Gasteiger partial charge in [-0.05, 0) is 11.1 Å². The van der Waals surface area contributed by atoms with Gasteiger partial charge in [-0.25, -0.2) is 0 Å². The van der Waals surface area contributed by atoms with Crippen LogP contribution in [0.1, 0.15) is 31.1 Å². The van der Waals surface area contributed by atoms with E-state index in [9.17, 15) is 9.90 Å². The monoisotopic (exact) mass is 220 g/mol. The molecule has 0 amide bonds. The largest absolute Gasteiger partial charge is 0.454 e. The smallest absolute Gasteiger partial charge is 0.309 e. The summed E-state index contributed by atoms with van der Waals surface area (Å²) >= 11 is 0. The molecule has 0 aliphatic heterocycles. The summed E-state index contributed by atoms with van der Waals surface area (Å²) in [5.74, 6) is -0.430. The van der Waals surface area contributed by atoms with Gasteiger partial charge in [0.05, 0.1) is 12.0 Å². The third kappa shape index (κ3) is 1.95. The maximum absolute atomic E-state index is 11.5. The van der Waals surface area contributed by atoms with Crippen molar-refractivity contribution >= 4 is 5.97 Å². The number of esters is 1. The standard InChI is InChI=1S/C13H16O3/c1-8(2)13(15)16-12-10-6-4-3-5-9(10)7-11(12)14/h3-6,8,11-12,14H,7H2,1-2H3. The van der Waals surface area contributed by atoms with Crippen LogP contribution in [0.5, 0.6) is 0 Å². The molecule has 16 heavy (non-hydrogen) atoms. The predicted molar refractivity (Wildman–Crippen MR) is 59.8 cm³/mol. The highest BCUT2D eigenvalue weighted by atomic mass is 16.6. The Bertz CT molecular complexity index is 398. The molecule has 0 saturated carbocycles. The van der Waals surface area contributed by atoms with Crippen molar-refractivity contribution in [2.45, 2.75) is 32.5 Å². The molecule has 1 N–H and O–H groups in total. The molecular formula is C13H16O3. The lowest BCUT2D eigenvalue weighted by atomic mass is 10.1. The van der Waals surface area contributed by atoms with E-state index < -0.39 is 12.2 Å². The van der Waals surface area contributed by atoms with Gasteiger partial charge in [0.25, 0.3) is 0 Å². The molecule has 0 saturated heterocycles. The molecule has 2 unspecified atom stereocenters. The second-order valence-electron chi connectivity index (χ2n) is 4.48. The highest BCUT2D eigenvalue weighted by molar-refractivity contribution is 5.72. The van der Waals surface area contributed by atoms with E-state index in [0.717, 1.165) is 11.1 Å². The molecule has 1 aromatic carbocycles. The van der Waals surface area contributed by atoms with E-state index in [-0.39, 0.29) is 11.9 Å². The van der Waals surface area contributed by atoms with Crippen LogP contribution in [0.15, 0.2) is 24.3 Å². The number of rotatable bonds is 2. The average Bonchev–Trinajstić information content (AvgIpc) is 2.55. The first-order chi connectivity index (χ1) is 7.59. The molecule has 86 valence electrons. The number of carbonyl (C=O) groups is 1. The van der Waals surface area contributed by atoms with E-state index >= 15 is 0 Å². The molecule has 1 aliphatic rings. The first kappa shape index (κ1) is 11.1. The Balaban J connectivity index is 2.19. The number of hydrogen-bond donors (Lipinski definition) is 1. The summed E-state index contributed by atoms with van der Waals surface area (Å²) in [6.07, 6.45) is -0.544. The van der Waals surface area contributed by atoms with Crippen molar-refractivity contribution in [1.29, 1.82) is 0 Å². The fourth-order valence-electron chi connectivity index (χ4n) is 1.94. The summed E-state index contributed by atoms with van der Waals surface area (Å²) in [5, 5.41) is 9.86. The lowest BCUT2D eigenvalue weighted by Crippen LogP contribution is -2.22. The molecule has 0 aromatic heterocycles. The summed E-state index contributed by atoms with van der Waals surface area (Å²) in [7, 11) is 0. The maximum Gasteiger partial charge on any atom is 0.309 e. The Hall–Kier alpha value is -1.35. The number of carbonyl (C=O) groups excluding carboxylic acids is 1. The SMILES string of the molecule is CC(C)C(=O)OC1c2ccccc2CC1O. The van der Waals surface area contributed by atoms with E-state index in [4.69, 9.17) is 4.74 Å². The fraction of sp³-hybridized carbons (Fsp3) is 0.462. The second-order valence-corrected chi connectivity index (χ2v) is 4.48. The molecule has 1 aromatic rings. The third-order valence-electron chi connectivity index (χ3n) is 2.85. The van der Waals surface area contributed by atoms with Gasteiger partial charge in [0.1, 0.15) is 0 Å². The summed E-state index contributed by atoms with van der Waals surface area (Å²) in [4.78, 5) is 11.5. The van der Waals surface area contributed by atoms with Gasteiger partial charge >= 0.3 is 5.97 Å². The zero-order valence-electron chi connectivity index (χ0n) is 9.51. The molecule has 0 fully saturated rings. The lowest BCUT2D eigenvalue weighted by molar-refractivity contribution is -0.158. The van der Waals surface area contributed by atoms with Crippen molar-refractivity contribution < 1.29 is 14.6 Å². The Morgan fingerprint density at radius 2 is 2.12 bits per heavy atom. The van der Waals surface area contributed by atoms with Crippen LogP contribution < -0.4 is 0 Å². The summed E-state index contributed by atoms with van der Waals surface area (Å²) in [6, 6.07) is 7.69. The first-order valence-electron chi connectivity index (χ1n) is 5.56. The lowest BCUT2D eigenvalue weighted by Gasteiger charge is -2.18. The molecule has 0 bridgehead atoms. The van der Waals surface area contributed by atoms with Crippen LogP contribution in [0.4, 0.5) is 0 Å². The van der Waals surface area contributed by atoms with Crippen LogP contribution in [-0.2, 0) is 16.0 Å². The zero-order valence-corrected chi connectivity index (χ0v) is 9.51. The minimum atomic E-state index is -0.611. The summed E-state index contributed by atoms with van der Waals surface area (Å²) in [6.45, 7) is 3.57. The van der Waals surface area contributed by atoms with Gasteiger partial charge in [0.2, 0.25) is 0 Å². The Labute approximate surface area is 95.0 Å². The van der Waals surface area contributed by atoms with Crippen molar-refractivity contribution in [3.05, 3.63) is 35.4 Å². The van der Waals surface area contributed by atoms with Crippen molar-refractivity contribution in [1.82, 2.24) is 0 Å². The quantitative estimate of drug-likeness (QED) is 0.774. The number of fused-ring (bicyclic) bond motifs is 1. The van der Waals surface area contributed by atoms with Crippen LogP contribution in [0.25, 0.3) is 0 Å². The predicted octanol–water partition coefficient (Wildman–Crippen LogP) is 1.84. The van der Waals surface area contributed by atoms with Gasteiger partial charge in [-0.15, -0.1) is 0 Å². The number of aliphatic hydroxyl groups is 1. The van der Waals surface area contributed by atoms with E-state index in [1.54, 1.807) is 13.8 Å². The molecule has 2 atom stereocenters. The van der Waals surface area contributed by atoms with Gasteiger partial charge in [-0.1, -0.05) is 38.1 Å². The normalized spacial score (nSPS) is 23.2. The van der Waals surface area contributed by atoms with E-state index in [1.165, 1.54) is 0 Å². The van der Waals surface area contributed by atoms with Gasteiger partial charge < -0.3 is 9.84 Å². The van der Waals surface area contributed by atoms with Crippen LogP contribution >= 0.6 is 0 Å². The average molecular weight is 220 g/mol. The number of hydrogen-bond acceptors (Lipinski definition) is 3. The van der Waals surface area contributed by atoms with Crippen LogP contribution in [0.2, 0.25) is 0 Å². The number of ether oxygens (including phenoxy) is 1. The van der Waals surface area contributed by atoms with Crippen LogP contribution in [-0.4, -0.2) is 17.2 Å². The minimum absolute atomic E-state index is 0.167. The third-order valence-corrected chi connectivity index (χ3v) is 2.85. The molecule has 3 nitrogen and oxygen atoms in total. The summed E-state index contributed by atoms with van der Waals surface area (Å²) < 4.78 is 5.32. The zero-order chi connectivity index (χ0) is 11.7. The Morgan fingerprint density at radius 3 is 2.81 bits per heavy atom. The van der Waals surface area contributed by atoms with Crippen molar-refractivity contribution in [2.75, 3.05) is 0 Å². The van der Waals surface area contributed by atoms with Crippen molar-refractivity contribution in [2.24, 2.45) is 5.92 Å². The molecule has 2 rings (SSSR count). The van der Waals surface area contributed by atoms with Crippen LogP contribution in [0, 0.1) is 5.92 Å². The first-order valence-corrected chi connectivity index (χ1v) is 5.56. The van der Waals surface area contributed by atoms with Crippen molar-refractivity contribution in [3.63, 3.8) is 0 Å². The van der Waals surface area contributed by atoms with E-state index in [1.807, 2.05) is 24.3 Å². The fourth-order valence-corrected chi connectivity index (χ4v) is 1.94. The van der Waals surface area contributed by atoms with Gasteiger partial charge in [-0.2, -0.15) is 0 Å². The van der Waals surface area contributed by atoms with Gasteiger partial charge in [0.15, 0.2) is 6.10 Å². The second kappa shape index (κ2) is 4.26. The summed E-state index contributed by atoms with van der Waals surface area (Å²) in [5.41, 5.74) is 2.00.